The third kappa shape index (κ3) is 4.93. The zero-order valence-corrected chi connectivity index (χ0v) is 18.9. The number of nitrogens with one attached hydrogen (secondary N) is 1. The Labute approximate surface area is 178 Å². The Morgan fingerprint density at radius 1 is 1.20 bits per heavy atom. The maximum absolute atomic E-state index is 12.8. The average Bonchev–Trinajstić information content (AvgIpc) is 3.21. The van der Waals surface area contributed by atoms with Crippen LogP contribution in [-0.2, 0) is 14.8 Å². The number of hydrogen-bond acceptors (Lipinski definition) is 7. The number of sulfonamides is 1. The van der Waals surface area contributed by atoms with Crippen molar-refractivity contribution in [3.05, 3.63) is 28.3 Å². The van der Waals surface area contributed by atoms with Crippen LogP contribution in [0.1, 0.15) is 40.5 Å². The standard InChI is InChI=1S/C20H32N4O5S/c1-15-12-22(13-16(2)29-15)20(3,4)14-21-18-8-7-17(11-19(18)24(25)26)30(27,28)23-9-5-6-10-23/h7-8,11,15-16,21H,5-6,9-10,12-14H2,1-4H3. The van der Waals surface area contributed by atoms with E-state index in [0.29, 0.717) is 25.3 Å². The minimum Gasteiger partial charge on any atom is -0.378 e. The van der Waals surface area contributed by atoms with Gasteiger partial charge >= 0.3 is 0 Å². The van der Waals surface area contributed by atoms with Crippen LogP contribution in [0.15, 0.2) is 23.1 Å². The number of ether oxygens (including phenoxy) is 1. The zero-order chi connectivity index (χ0) is 22.1. The summed E-state index contributed by atoms with van der Waals surface area (Å²) >= 11 is 0. The van der Waals surface area contributed by atoms with Gasteiger partial charge in [0, 0.05) is 44.3 Å². The zero-order valence-electron chi connectivity index (χ0n) is 18.1. The van der Waals surface area contributed by atoms with Gasteiger partial charge in [0.2, 0.25) is 10.0 Å². The molecule has 2 fully saturated rings. The first-order valence-corrected chi connectivity index (χ1v) is 11.9. The summed E-state index contributed by atoms with van der Waals surface area (Å²) in [5.74, 6) is 0. The number of nitro groups is 1. The maximum atomic E-state index is 12.8. The molecule has 10 heteroatoms. The van der Waals surface area contributed by atoms with E-state index < -0.39 is 14.9 Å². The molecule has 0 aromatic heterocycles. The van der Waals surface area contributed by atoms with E-state index in [1.807, 2.05) is 13.8 Å². The van der Waals surface area contributed by atoms with E-state index in [2.05, 4.69) is 24.1 Å². The highest BCUT2D eigenvalue weighted by molar-refractivity contribution is 7.89. The van der Waals surface area contributed by atoms with Crippen LogP contribution in [0.4, 0.5) is 11.4 Å². The number of morpholine rings is 1. The van der Waals surface area contributed by atoms with Gasteiger partial charge in [-0.25, -0.2) is 8.42 Å². The van der Waals surface area contributed by atoms with Crippen molar-refractivity contribution in [1.82, 2.24) is 9.21 Å². The lowest BCUT2D eigenvalue weighted by molar-refractivity contribution is -0.384. The number of rotatable bonds is 7. The van der Waals surface area contributed by atoms with Gasteiger partial charge in [0.1, 0.15) is 5.69 Å². The van der Waals surface area contributed by atoms with Gasteiger partial charge in [-0.15, -0.1) is 0 Å². The van der Waals surface area contributed by atoms with E-state index in [0.717, 1.165) is 25.9 Å². The summed E-state index contributed by atoms with van der Waals surface area (Å²) in [5, 5.41) is 14.8. The highest BCUT2D eigenvalue weighted by Crippen LogP contribution is 2.31. The molecule has 2 aliphatic heterocycles. The van der Waals surface area contributed by atoms with Gasteiger partial charge in [-0.3, -0.25) is 15.0 Å². The van der Waals surface area contributed by atoms with Crippen molar-refractivity contribution in [1.29, 1.82) is 0 Å². The molecule has 1 aromatic carbocycles. The van der Waals surface area contributed by atoms with Gasteiger partial charge in [0.05, 0.1) is 22.0 Å². The molecule has 0 amide bonds. The van der Waals surface area contributed by atoms with Gasteiger partial charge in [-0.1, -0.05) is 0 Å². The van der Waals surface area contributed by atoms with Crippen LogP contribution in [0, 0.1) is 10.1 Å². The Morgan fingerprint density at radius 3 is 2.37 bits per heavy atom. The van der Waals surface area contributed by atoms with E-state index in [-0.39, 0.29) is 28.3 Å². The molecule has 168 valence electrons. The van der Waals surface area contributed by atoms with E-state index in [9.17, 15) is 18.5 Å². The highest BCUT2D eigenvalue weighted by Gasteiger charge is 2.34. The second-order valence-electron chi connectivity index (χ2n) is 8.88. The molecule has 2 atom stereocenters. The van der Waals surface area contributed by atoms with E-state index in [1.165, 1.54) is 22.5 Å². The molecule has 1 N–H and O–H groups in total. The second-order valence-corrected chi connectivity index (χ2v) is 10.8. The predicted molar refractivity (Wildman–Crippen MR) is 115 cm³/mol. The summed E-state index contributed by atoms with van der Waals surface area (Å²) in [6.45, 7) is 11.2. The molecule has 3 rings (SSSR count). The maximum Gasteiger partial charge on any atom is 0.293 e. The molecule has 2 saturated heterocycles. The van der Waals surface area contributed by atoms with Crippen LogP contribution in [0.25, 0.3) is 0 Å². The average molecular weight is 441 g/mol. The molecule has 2 aliphatic rings. The van der Waals surface area contributed by atoms with Crippen molar-refractivity contribution in [3.8, 4) is 0 Å². The van der Waals surface area contributed by atoms with Crippen LogP contribution < -0.4 is 5.32 Å². The Balaban J connectivity index is 1.78. The molecule has 2 heterocycles. The van der Waals surface area contributed by atoms with Crippen molar-refractivity contribution in [3.63, 3.8) is 0 Å². The second kappa shape index (κ2) is 8.78. The van der Waals surface area contributed by atoms with Crippen LogP contribution in [0.2, 0.25) is 0 Å². The molecule has 30 heavy (non-hydrogen) atoms. The normalized spacial score (nSPS) is 24.1. The molecule has 0 aliphatic carbocycles. The minimum atomic E-state index is -3.71. The molecule has 0 radical (unpaired) electrons. The van der Waals surface area contributed by atoms with E-state index >= 15 is 0 Å². The molecule has 0 spiro atoms. The van der Waals surface area contributed by atoms with Gasteiger partial charge in [0.25, 0.3) is 5.69 Å². The Hall–Kier alpha value is -1.75. The number of hydrogen-bond donors (Lipinski definition) is 1. The Morgan fingerprint density at radius 2 is 1.80 bits per heavy atom. The summed E-state index contributed by atoms with van der Waals surface area (Å²) in [6.07, 6.45) is 1.87. The van der Waals surface area contributed by atoms with Crippen molar-refractivity contribution >= 4 is 21.4 Å². The number of anilines is 1. The SMILES string of the molecule is CC1CN(C(C)(C)CNc2ccc(S(=O)(=O)N3CCCC3)cc2[N+](=O)[O-])CC(C)O1. The summed E-state index contributed by atoms with van der Waals surface area (Å²) in [5.41, 5.74) is -0.168. The molecule has 1 aromatic rings. The quantitative estimate of drug-likeness (QED) is 0.513. The molecule has 0 saturated carbocycles. The monoisotopic (exact) mass is 440 g/mol. The molecule has 0 bridgehead atoms. The van der Waals surface area contributed by atoms with Crippen LogP contribution in [0.5, 0.6) is 0 Å². The first-order chi connectivity index (χ1) is 14.0. The Kier molecular flexibility index (Phi) is 6.71. The van der Waals surface area contributed by atoms with Gasteiger partial charge in [-0.05, 0) is 52.7 Å². The lowest BCUT2D eigenvalue weighted by Gasteiger charge is -2.45. The topological polar surface area (TPSA) is 105 Å². The van der Waals surface area contributed by atoms with Crippen LogP contribution in [0.3, 0.4) is 0 Å². The summed E-state index contributed by atoms with van der Waals surface area (Å²) in [4.78, 5) is 13.4. The summed E-state index contributed by atoms with van der Waals surface area (Å²) in [6, 6.07) is 4.12. The Bertz CT molecular complexity index is 873. The van der Waals surface area contributed by atoms with E-state index in [1.54, 1.807) is 0 Å². The van der Waals surface area contributed by atoms with Crippen molar-refractivity contribution in [2.45, 2.75) is 63.2 Å². The van der Waals surface area contributed by atoms with Gasteiger partial charge in [-0.2, -0.15) is 4.31 Å². The fourth-order valence-corrected chi connectivity index (χ4v) is 5.68. The largest absolute Gasteiger partial charge is 0.378 e. The first kappa shape index (κ1) is 22.9. The van der Waals surface area contributed by atoms with Crippen molar-refractivity contribution in [2.75, 3.05) is 38.0 Å². The summed E-state index contributed by atoms with van der Waals surface area (Å²) in [7, 11) is -3.71. The first-order valence-electron chi connectivity index (χ1n) is 10.4. The molecular formula is C20H32N4O5S. The lowest BCUT2D eigenvalue weighted by Crippen LogP contribution is -2.57. The fourth-order valence-electron chi connectivity index (χ4n) is 4.15. The van der Waals surface area contributed by atoms with Gasteiger partial charge in [0.15, 0.2) is 0 Å². The molecule has 9 nitrogen and oxygen atoms in total. The predicted octanol–water partition coefficient (Wildman–Crippen LogP) is 2.68. The summed E-state index contributed by atoms with van der Waals surface area (Å²) < 4.78 is 32.7. The number of nitrogens with zero attached hydrogens (tertiary/aromatic N) is 3. The number of benzene rings is 1. The number of nitro benzene ring substituents is 1. The van der Waals surface area contributed by atoms with E-state index in [4.69, 9.17) is 4.74 Å². The minimum absolute atomic E-state index is 0.0308. The van der Waals surface area contributed by atoms with Crippen molar-refractivity contribution < 1.29 is 18.1 Å². The van der Waals surface area contributed by atoms with Crippen molar-refractivity contribution in [2.24, 2.45) is 0 Å². The molecule has 2 unspecified atom stereocenters. The lowest BCUT2D eigenvalue weighted by atomic mass is 10.00. The third-order valence-corrected chi connectivity index (χ3v) is 7.75. The molecular weight excluding hydrogens is 408 g/mol. The van der Waals surface area contributed by atoms with Crippen LogP contribution >= 0.6 is 0 Å². The highest BCUT2D eigenvalue weighted by atomic mass is 32.2. The van der Waals surface area contributed by atoms with Crippen LogP contribution in [-0.4, -0.2) is 73.0 Å². The third-order valence-electron chi connectivity index (χ3n) is 5.86. The fraction of sp³-hybridized carbons (Fsp3) is 0.700. The van der Waals surface area contributed by atoms with Gasteiger partial charge < -0.3 is 10.1 Å². The smallest absolute Gasteiger partial charge is 0.293 e.